The number of carbonyl (C=O) groups excluding carboxylic acids is 2. The van der Waals surface area contributed by atoms with Gasteiger partial charge in [-0.25, -0.2) is 9.59 Å². The summed E-state index contributed by atoms with van der Waals surface area (Å²) in [7, 11) is 1.95. The van der Waals surface area contributed by atoms with E-state index in [2.05, 4.69) is 40.6 Å². The Labute approximate surface area is 217 Å². The summed E-state index contributed by atoms with van der Waals surface area (Å²) in [6.07, 6.45) is 0. The Bertz CT molecular complexity index is 1240. The highest BCUT2D eigenvalue weighted by Crippen LogP contribution is 2.40. The Balaban J connectivity index is 1.86. The zero-order chi connectivity index (χ0) is 26.9. The summed E-state index contributed by atoms with van der Waals surface area (Å²) in [6.45, 7) is 6.38. The number of aryl methyl sites for hydroxylation is 1. The van der Waals surface area contributed by atoms with Gasteiger partial charge in [-0.05, 0) is 45.0 Å². The molecule has 1 aliphatic heterocycles. The van der Waals surface area contributed by atoms with Gasteiger partial charge in [0.1, 0.15) is 6.61 Å². The third-order valence-electron chi connectivity index (χ3n) is 6.19. The van der Waals surface area contributed by atoms with Crippen molar-refractivity contribution in [3.63, 3.8) is 0 Å². The van der Waals surface area contributed by atoms with Crippen molar-refractivity contribution in [1.29, 1.82) is 5.26 Å². The minimum atomic E-state index is -0.934. The first-order valence-electron chi connectivity index (χ1n) is 12.2. The zero-order valence-corrected chi connectivity index (χ0v) is 21.7. The highest BCUT2D eigenvalue weighted by molar-refractivity contribution is 6.00. The first-order chi connectivity index (χ1) is 17.8. The summed E-state index contributed by atoms with van der Waals surface area (Å²) in [5, 5.41) is 22.7. The van der Waals surface area contributed by atoms with Gasteiger partial charge in [0.25, 0.3) is 0 Å². The average molecular weight is 504 g/mol. The average Bonchev–Trinajstić information content (AvgIpc) is 2.89. The fourth-order valence-electron chi connectivity index (χ4n) is 4.36. The number of likely N-dealkylation sites (N-methyl/N-ethyl adjacent to an activating group) is 1. The van der Waals surface area contributed by atoms with Gasteiger partial charge < -0.3 is 19.9 Å². The van der Waals surface area contributed by atoms with E-state index in [1.165, 1.54) is 5.56 Å². The number of rotatable bonds is 10. The van der Waals surface area contributed by atoms with E-state index in [1.54, 1.807) is 38.1 Å². The molecule has 0 saturated carbocycles. The van der Waals surface area contributed by atoms with Gasteiger partial charge in [-0.15, -0.1) is 0 Å². The number of carbonyl (C=O) groups is 2. The first-order valence-corrected chi connectivity index (χ1v) is 12.2. The van der Waals surface area contributed by atoms with Crippen LogP contribution in [-0.2, 0) is 25.6 Å². The first kappa shape index (κ1) is 27.7. The molecule has 0 radical (unpaired) electrons. The standard InChI is InChI=1S/C29H33N3O5/c1-5-36-29(35)27-24(18-33)31-20(3)25(26(27)23-9-7-6-8-22(23)16-30)28(34)37-15-14-32(4)17-21-12-10-19(2)11-13-21/h6-13,26,31,33H,5,14-15,17-18H2,1-4H3. The van der Waals surface area contributed by atoms with Crippen LogP contribution in [-0.4, -0.2) is 55.4 Å². The van der Waals surface area contributed by atoms with E-state index in [9.17, 15) is 20.0 Å². The van der Waals surface area contributed by atoms with Gasteiger partial charge in [0.2, 0.25) is 0 Å². The van der Waals surface area contributed by atoms with E-state index in [-0.39, 0.29) is 30.1 Å². The zero-order valence-electron chi connectivity index (χ0n) is 21.7. The summed E-state index contributed by atoms with van der Waals surface area (Å²) in [4.78, 5) is 28.5. The summed E-state index contributed by atoms with van der Waals surface area (Å²) >= 11 is 0. The van der Waals surface area contributed by atoms with Gasteiger partial charge >= 0.3 is 11.9 Å². The molecule has 0 fully saturated rings. The molecule has 0 amide bonds. The minimum absolute atomic E-state index is 0.0843. The number of nitrogens with one attached hydrogen (secondary N) is 1. The van der Waals surface area contributed by atoms with Gasteiger partial charge in [-0.1, -0.05) is 48.0 Å². The number of allylic oxidation sites excluding steroid dienone is 1. The molecule has 194 valence electrons. The molecule has 37 heavy (non-hydrogen) atoms. The predicted molar refractivity (Wildman–Crippen MR) is 139 cm³/mol. The van der Waals surface area contributed by atoms with Crippen molar-refractivity contribution >= 4 is 11.9 Å². The SMILES string of the molecule is CCOC(=O)C1=C(CO)NC(C)=C(C(=O)OCCN(C)Cc2ccc(C)cc2)C1c1ccccc1C#N. The number of nitriles is 1. The minimum Gasteiger partial charge on any atom is -0.463 e. The second kappa shape index (κ2) is 12.9. The van der Waals surface area contributed by atoms with E-state index in [0.29, 0.717) is 29.9 Å². The molecular weight excluding hydrogens is 470 g/mol. The van der Waals surface area contributed by atoms with Crippen molar-refractivity contribution in [3.8, 4) is 6.07 Å². The van der Waals surface area contributed by atoms with Crippen LogP contribution in [0.1, 0.15) is 42.0 Å². The number of hydrogen-bond acceptors (Lipinski definition) is 8. The molecule has 2 N–H and O–H groups in total. The van der Waals surface area contributed by atoms with Gasteiger partial charge in [-0.2, -0.15) is 5.26 Å². The van der Waals surface area contributed by atoms with Crippen molar-refractivity contribution in [2.45, 2.75) is 33.2 Å². The molecular formula is C29H33N3O5. The highest BCUT2D eigenvalue weighted by atomic mass is 16.5. The van der Waals surface area contributed by atoms with Crippen molar-refractivity contribution in [2.24, 2.45) is 0 Å². The second-order valence-corrected chi connectivity index (χ2v) is 8.93. The number of nitrogens with zero attached hydrogens (tertiary/aromatic N) is 2. The molecule has 0 bridgehead atoms. The Morgan fingerprint density at radius 2 is 1.73 bits per heavy atom. The highest BCUT2D eigenvalue weighted by Gasteiger charge is 2.39. The van der Waals surface area contributed by atoms with Crippen LogP contribution in [0.25, 0.3) is 0 Å². The van der Waals surface area contributed by atoms with E-state index >= 15 is 0 Å². The quantitative estimate of drug-likeness (QED) is 0.475. The third kappa shape index (κ3) is 6.64. The van der Waals surface area contributed by atoms with Crippen molar-refractivity contribution in [2.75, 3.05) is 33.4 Å². The molecule has 0 saturated heterocycles. The lowest BCUT2D eigenvalue weighted by Crippen LogP contribution is -2.35. The smallest absolute Gasteiger partial charge is 0.336 e. The van der Waals surface area contributed by atoms with Crippen LogP contribution in [0.2, 0.25) is 0 Å². The monoisotopic (exact) mass is 503 g/mol. The number of dihydropyridines is 1. The molecule has 2 aromatic rings. The van der Waals surface area contributed by atoms with E-state index in [4.69, 9.17) is 9.47 Å². The maximum atomic E-state index is 13.4. The molecule has 1 heterocycles. The van der Waals surface area contributed by atoms with E-state index in [0.717, 1.165) is 5.56 Å². The molecule has 1 unspecified atom stereocenters. The topological polar surface area (TPSA) is 112 Å². The van der Waals surface area contributed by atoms with Crippen LogP contribution in [0.4, 0.5) is 0 Å². The second-order valence-electron chi connectivity index (χ2n) is 8.93. The number of hydrogen-bond donors (Lipinski definition) is 2. The fourth-order valence-corrected chi connectivity index (χ4v) is 4.36. The molecule has 3 rings (SSSR count). The van der Waals surface area contributed by atoms with Gasteiger partial charge in [-0.3, -0.25) is 4.90 Å². The lowest BCUT2D eigenvalue weighted by molar-refractivity contribution is -0.140. The molecule has 8 nitrogen and oxygen atoms in total. The Kier molecular flexibility index (Phi) is 9.61. The van der Waals surface area contributed by atoms with Gasteiger partial charge in [0.05, 0.1) is 47.6 Å². The fraction of sp³-hybridized carbons (Fsp3) is 0.345. The molecule has 0 aromatic heterocycles. The molecule has 1 aliphatic rings. The molecule has 0 aliphatic carbocycles. The van der Waals surface area contributed by atoms with Crippen LogP contribution in [0, 0.1) is 18.3 Å². The number of esters is 2. The normalized spacial score (nSPS) is 15.3. The van der Waals surface area contributed by atoms with Crippen LogP contribution in [0.3, 0.4) is 0 Å². The number of aliphatic hydroxyl groups is 1. The molecule has 1 atom stereocenters. The summed E-state index contributed by atoms with van der Waals surface area (Å²) < 4.78 is 10.9. The number of benzene rings is 2. The molecule has 0 spiro atoms. The van der Waals surface area contributed by atoms with Crippen molar-refractivity contribution in [3.05, 3.63) is 93.3 Å². The molecule has 8 heteroatoms. The van der Waals surface area contributed by atoms with Crippen LogP contribution < -0.4 is 5.32 Å². The lowest BCUT2D eigenvalue weighted by Gasteiger charge is -2.31. The summed E-state index contributed by atoms with van der Waals surface area (Å²) in [5.74, 6) is -2.21. The van der Waals surface area contributed by atoms with Crippen LogP contribution in [0.5, 0.6) is 0 Å². The Morgan fingerprint density at radius 3 is 2.38 bits per heavy atom. The lowest BCUT2D eigenvalue weighted by atomic mass is 9.78. The van der Waals surface area contributed by atoms with E-state index in [1.807, 2.05) is 14.0 Å². The summed E-state index contributed by atoms with van der Waals surface area (Å²) in [5.41, 5.74) is 4.07. The predicted octanol–water partition coefficient (Wildman–Crippen LogP) is 3.31. The maximum absolute atomic E-state index is 13.4. The summed E-state index contributed by atoms with van der Waals surface area (Å²) in [6, 6.07) is 17.2. The molecule has 2 aromatic carbocycles. The third-order valence-corrected chi connectivity index (χ3v) is 6.19. The van der Waals surface area contributed by atoms with Crippen molar-refractivity contribution < 1.29 is 24.2 Å². The van der Waals surface area contributed by atoms with E-state index < -0.39 is 24.5 Å². The van der Waals surface area contributed by atoms with Gasteiger partial charge in [0.15, 0.2) is 0 Å². The van der Waals surface area contributed by atoms with Crippen LogP contribution in [0.15, 0.2) is 71.1 Å². The number of aliphatic hydroxyl groups excluding tert-OH is 1. The van der Waals surface area contributed by atoms with Gasteiger partial charge in [0, 0.05) is 18.8 Å². The van der Waals surface area contributed by atoms with Crippen LogP contribution >= 0.6 is 0 Å². The largest absolute Gasteiger partial charge is 0.463 e. The Hall–Kier alpha value is -3.93. The Morgan fingerprint density at radius 1 is 1.05 bits per heavy atom. The van der Waals surface area contributed by atoms with Crippen molar-refractivity contribution in [1.82, 2.24) is 10.2 Å². The number of ether oxygens (including phenoxy) is 2. The maximum Gasteiger partial charge on any atom is 0.336 e.